The average Bonchev–Trinajstić information content (AvgIpc) is 2.57. The molecular weight excluding hydrogens is 190 g/mol. The van der Waals surface area contributed by atoms with Gasteiger partial charge in [0.05, 0.1) is 5.69 Å². The summed E-state index contributed by atoms with van der Waals surface area (Å²) in [5, 5.41) is 0. The summed E-state index contributed by atoms with van der Waals surface area (Å²) in [6.07, 6.45) is 3.33. The lowest BCUT2D eigenvalue weighted by Gasteiger charge is -2.18. The Bertz CT molecular complexity index is 512. The van der Waals surface area contributed by atoms with E-state index in [2.05, 4.69) is 26.5 Å². The number of fused-ring (bicyclic) bond motifs is 1. The van der Waals surface area contributed by atoms with Crippen LogP contribution in [0.15, 0.2) is 19.0 Å². The third-order valence-corrected chi connectivity index (χ3v) is 2.43. The number of aromatic nitrogens is 4. The van der Waals surface area contributed by atoms with Crippen molar-refractivity contribution in [2.45, 2.75) is 19.3 Å². The average molecular weight is 203 g/mol. The first kappa shape index (κ1) is 9.64. The molecule has 0 atom stereocenters. The summed E-state index contributed by atoms with van der Waals surface area (Å²) in [6, 6.07) is 0. The van der Waals surface area contributed by atoms with Gasteiger partial charge in [0, 0.05) is 5.41 Å². The van der Waals surface area contributed by atoms with Gasteiger partial charge in [-0.25, -0.2) is 9.97 Å². The molecule has 5 nitrogen and oxygen atoms in total. The molecular formula is C10H13N5. The molecule has 0 unspecified atom stereocenters. The molecule has 0 bridgehead atoms. The van der Waals surface area contributed by atoms with Crippen molar-refractivity contribution >= 4 is 17.1 Å². The zero-order valence-electron chi connectivity index (χ0n) is 8.78. The van der Waals surface area contributed by atoms with Crippen LogP contribution in [-0.2, 0) is 5.41 Å². The highest BCUT2D eigenvalue weighted by Crippen LogP contribution is 2.27. The molecule has 0 saturated heterocycles. The van der Waals surface area contributed by atoms with E-state index in [0.717, 1.165) is 11.2 Å². The molecule has 2 rings (SSSR count). The van der Waals surface area contributed by atoms with Crippen molar-refractivity contribution in [2.24, 2.45) is 0 Å². The molecule has 15 heavy (non-hydrogen) atoms. The van der Waals surface area contributed by atoms with Gasteiger partial charge in [0.15, 0.2) is 11.6 Å². The third-order valence-electron chi connectivity index (χ3n) is 2.43. The molecule has 2 aromatic rings. The van der Waals surface area contributed by atoms with Gasteiger partial charge in [0.1, 0.15) is 11.8 Å². The van der Waals surface area contributed by atoms with Crippen LogP contribution in [0.25, 0.3) is 11.2 Å². The molecule has 0 fully saturated rings. The summed E-state index contributed by atoms with van der Waals surface area (Å²) in [5.41, 5.74) is 7.57. The maximum Gasteiger partial charge on any atom is 0.200 e. The minimum absolute atomic E-state index is 0.236. The van der Waals surface area contributed by atoms with Crippen LogP contribution in [0, 0.1) is 0 Å². The number of hydrogen-bond donors (Lipinski definition) is 2. The van der Waals surface area contributed by atoms with Crippen molar-refractivity contribution < 1.29 is 0 Å². The topological polar surface area (TPSA) is 80.5 Å². The number of nitrogen functional groups attached to an aromatic ring is 1. The Labute approximate surface area is 87.5 Å². The molecule has 0 aliphatic rings. The SMILES string of the molecule is C=CC(C)(C)c1ncnc2nc(N)[nH]c12. The summed E-state index contributed by atoms with van der Waals surface area (Å²) >= 11 is 0. The quantitative estimate of drug-likeness (QED) is 0.723. The van der Waals surface area contributed by atoms with Crippen molar-refractivity contribution in [3.05, 3.63) is 24.7 Å². The van der Waals surface area contributed by atoms with Gasteiger partial charge in [0.25, 0.3) is 0 Å². The molecule has 0 aromatic carbocycles. The highest BCUT2D eigenvalue weighted by atomic mass is 15.1. The molecule has 0 saturated carbocycles. The Kier molecular flexibility index (Phi) is 1.96. The summed E-state index contributed by atoms with van der Waals surface area (Å²) in [6.45, 7) is 7.85. The van der Waals surface area contributed by atoms with Gasteiger partial charge in [-0.15, -0.1) is 6.58 Å². The molecule has 78 valence electrons. The van der Waals surface area contributed by atoms with E-state index in [1.54, 1.807) is 0 Å². The number of aromatic amines is 1. The van der Waals surface area contributed by atoms with Crippen LogP contribution in [0.1, 0.15) is 19.5 Å². The molecule has 2 aromatic heterocycles. The normalized spacial score (nSPS) is 11.9. The van der Waals surface area contributed by atoms with Crippen LogP contribution in [0.4, 0.5) is 5.95 Å². The first-order valence-corrected chi connectivity index (χ1v) is 4.65. The number of nitrogens with zero attached hydrogens (tertiary/aromatic N) is 3. The molecule has 5 heteroatoms. The molecule has 0 aliphatic carbocycles. The van der Waals surface area contributed by atoms with Crippen LogP contribution in [0.2, 0.25) is 0 Å². The van der Waals surface area contributed by atoms with E-state index < -0.39 is 0 Å². The Hall–Kier alpha value is -1.91. The van der Waals surface area contributed by atoms with Crippen LogP contribution >= 0.6 is 0 Å². The molecule has 0 radical (unpaired) electrons. The lowest BCUT2D eigenvalue weighted by molar-refractivity contribution is 0.649. The minimum atomic E-state index is -0.236. The van der Waals surface area contributed by atoms with Gasteiger partial charge < -0.3 is 10.7 Å². The summed E-state index contributed by atoms with van der Waals surface area (Å²) in [4.78, 5) is 15.3. The summed E-state index contributed by atoms with van der Waals surface area (Å²) in [5.74, 6) is 0.353. The van der Waals surface area contributed by atoms with Gasteiger partial charge in [-0.2, -0.15) is 4.98 Å². The van der Waals surface area contributed by atoms with Crippen LogP contribution in [-0.4, -0.2) is 19.9 Å². The van der Waals surface area contributed by atoms with Gasteiger partial charge in [-0.1, -0.05) is 19.9 Å². The summed E-state index contributed by atoms with van der Waals surface area (Å²) < 4.78 is 0. The first-order valence-electron chi connectivity index (χ1n) is 4.65. The maximum absolute atomic E-state index is 5.58. The standard InChI is InChI=1S/C10H13N5/c1-4-10(2,3)7-6-8(13-5-12-7)15-9(11)14-6/h4-5H,1H2,2-3H3,(H3,11,12,13,14,15). The van der Waals surface area contributed by atoms with E-state index in [1.165, 1.54) is 6.33 Å². The predicted molar refractivity (Wildman–Crippen MR) is 59.3 cm³/mol. The number of anilines is 1. The van der Waals surface area contributed by atoms with E-state index in [-0.39, 0.29) is 5.41 Å². The minimum Gasteiger partial charge on any atom is -0.369 e. The van der Waals surface area contributed by atoms with Crippen LogP contribution < -0.4 is 5.73 Å². The predicted octanol–water partition coefficient (Wildman–Crippen LogP) is 1.40. The zero-order chi connectivity index (χ0) is 11.1. The molecule has 2 heterocycles. The Morgan fingerprint density at radius 3 is 2.87 bits per heavy atom. The number of imidazole rings is 1. The fraction of sp³-hybridized carbons (Fsp3) is 0.300. The third kappa shape index (κ3) is 1.45. The number of allylic oxidation sites excluding steroid dienone is 1. The van der Waals surface area contributed by atoms with E-state index in [0.29, 0.717) is 11.6 Å². The Morgan fingerprint density at radius 2 is 2.20 bits per heavy atom. The maximum atomic E-state index is 5.58. The number of rotatable bonds is 2. The van der Waals surface area contributed by atoms with Crippen molar-refractivity contribution in [1.82, 2.24) is 19.9 Å². The molecule has 0 amide bonds. The number of H-pyrrole nitrogens is 1. The second-order valence-electron chi connectivity index (χ2n) is 3.97. The van der Waals surface area contributed by atoms with Gasteiger partial charge in [-0.05, 0) is 0 Å². The van der Waals surface area contributed by atoms with Crippen molar-refractivity contribution in [3.63, 3.8) is 0 Å². The molecule has 0 spiro atoms. The van der Waals surface area contributed by atoms with Crippen molar-refractivity contribution in [2.75, 3.05) is 5.73 Å². The Morgan fingerprint density at radius 1 is 1.47 bits per heavy atom. The lowest BCUT2D eigenvalue weighted by atomic mass is 9.89. The number of hydrogen-bond acceptors (Lipinski definition) is 4. The second kappa shape index (κ2) is 3.05. The number of nitrogens with one attached hydrogen (secondary N) is 1. The smallest absolute Gasteiger partial charge is 0.200 e. The largest absolute Gasteiger partial charge is 0.369 e. The van der Waals surface area contributed by atoms with E-state index in [9.17, 15) is 0 Å². The van der Waals surface area contributed by atoms with E-state index in [1.807, 2.05) is 19.9 Å². The van der Waals surface area contributed by atoms with E-state index in [4.69, 9.17) is 5.73 Å². The molecule has 3 N–H and O–H groups in total. The lowest BCUT2D eigenvalue weighted by Crippen LogP contribution is -2.16. The second-order valence-corrected chi connectivity index (χ2v) is 3.97. The van der Waals surface area contributed by atoms with Gasteiger partial charge >= 0.3 is 0 Å². The highest BCUT2D eigenvalue weighted by molar-refractivity contribution is 5.76. The molecule has 0 aliphatic heterocycles. The summed E-state index contributed by atoms with van der Waals surface area (Å²) in [7, 11) is 0. The van der Waals surface area contributed by atoms with E-state index >= 15 is 0 Å². The Balaban J connectivity index is 2.75. The van der Waals surface area contributed by atoms with Crippen LogP contribution in [0.3, 0.4) is 0 Å². The van der Waals surface area contributed by atoms with Gasteiger partial charge in [0.2, 0.25) is 0 Å². The van der Waals surface area contributed by atoms with Crippen molar-refractivity contribution in [1.29, 1.82) is 0 Å². The fourth-order valence-corrected chi connectivity index (χ4v) is 1.43. The number of nitrogens with two attached hydrogens (primary N) is 1. The monoisotopic (exact) mass is 203 g/mol. The van der Waals surface area contributed by atoms with Crippen molar-refractivity contribution in [3.8, 4) is 0 Å². The van der Waals surface area contributed by atoms with Gasteiger partial charge in [-0.3, -0.25) is 0 Å². The fourth-order valence-electron chi connectivity index (χ4n) is 1.43. The van der Waals surface area contributed by atoms with Crippen LogP contribution in [0.5, 0.6) is 0 Å². The zero-order valence-corrected chi connectivity index (χ0v) is 8.78. The first-order chi connectivity index (χ1) is 7.04. The highest BCUT2D eigenvalue weighted by Gasteiger charge is 2.22.